The molecule has 34 heavy (non-hydrogen) atoms. The summed E-state index contributed by atoms with van der Waals surface area (Å²) >= 11 is 9.19. The van der Waals surface area contributed by atoms with Gasteiger partial charge in [-0.25, -0.2) is 13.2 Å². The Morgan fingerprint density at radius 1 is 0.471 bits per heavy atom. The van der Waals surface area contributed by atoms with Gasteiger partial charge in [0.1, 0.15) is 0 Å². The molecule has 0 nitrogen and oxygen atoms in total. The first kappa shape index (κ1) is 33.4. The summed E-state index contributed by atoms with van der Waals surface area (Å²) in [5, 5.41) is 0. The highest BCUT2D eigenvalue weighted by Crippen LogP contribution is 2.65. The Hall–Kier alpha value is -0.603. The van der Waals surface area contributed by atoms with Gasteiger partial charge in [-0.05, 0) is 6.55 Å². The standard InChI is InChI=1S/C11H4Cl2F20Si/c1-34(12,13)4(17,18)2(14)3(15,16)5(19,20)6(21,22)7(23,24)8(25,26)9(27,28)10(29,30)11(31,32)33/h2H,1H3. The summed E-state index contributed by atoms with van der Waals surface area (Å²) in [6, 6.07) is 0. The van der Waals surface area contributed by atoms with Crippen LogP contribution in [0.25, 0.3) is 0 Å². The van der Waals surface area contributed by atoms with Crippen LogP contribution in [0, 0.1) is 0 Å². The molecule has 0 amide bonds. The third-order valence-electron chi connectivity index (χ3n) is 3.97. The Balaban J connectivity index is 6.96. The quantitative estimate of drug-likeness (QED) is 0.140. The second-order valence-corrected chi connectivity index (χ2v) is 14.0. The van der Waals surface area contributed by atoms with E-state index in [0.29, 0.717) is 0 Å². The Labute approximate surface area is 183 Å². The SMILES string of the molecule is C[Si](Cl)(Cl)C(F)(F)C(F)C(F)(F)C(F)(F)C(F)(F)C(F)(F)C(F)(F)C(F)(F)C(F)(F)C(F)(F)F. The molecule has 23 heteroatoms. The maximum Gasteiger partial charge on any atom is 0.460 e. The monoisotopic (exact) mass is 614 g/mol. The summed E-state index contributed by atoms with van der Waals surface area (Å²) in [6.45, 7) is -6.08. The van der Waals surface area contributed by atoms with Gasteiger partial charge in [0, 0.05) is 0 Å². The van der Waals surface area contributed by atoms with Crippen molar-refractivity contribution in [3.63, 3.8) is 0 Å². The lowest BCUT2D eigenvalue weighted by Gasteiger charge is -2.44. The van der Waals surface area contributed by atoms with Crippen LogP contribution >= 0.6 is 22.2 Å². The van der Waals surface area contributed by atoms with E-state index in [1.807, 2.05) is 0 Å². The predicted octanol–water partition coefficient (Wildman–Crippen LogP) is 8.06. The summed E-state index contributed by atoms with van der Waals surface area (Å²) in [7, 11) is 0. The zero-order chi connectivity index (χ0) is 28.6. The molecule has 0 radical (unpaired) electrons. The van der Waals surface area contributed by atoms with Gasteiger partial charge in [-0.2, -0.15) is 74.6 Å². The van der Waals surface area contributed by atoms with E-state index in [-0.39, 0.29) is 6.55 Å². The molecule has 0 fully saturated rings. The van der Waals surface area contributed by atoms with Crippen molar-refractivity contribution in [3.8, 4) is 0 Å². The minimum atomic E-state index is -9.01. The minimum Gasteiger partial charge on any atom is -0.234 e. The van der Waals surface area contributed by atoms with Crippen molar-refractivity contribution < 1.29 is 87.8 Å². The summed E-state index contributed by atoms with van der Waals surface area (Å²) in [5.74, 6) is -60.6. The summed E-state index contributed by atoms with van der Waals surface area (Å²) in [4.78, 5) is 0. The molecular formula is C11H4Cl2F20Si. The Bertz CT molecular complexity index is 749. The molecular weight excluding hydrogens is 611 g/mol. The molecule has 0 rings (SSSR count). The largest absolute Gasteiger partial charge is 0.460 e. The van der Waals surface area contributed by atoms with Gasteiger partial charge in [-0.1, -0.05) is 0 Å². The van der Waals surface area contributed by atoms with Crippen LogP contribution in [0.5, 0.6) is 0 Å². The van der Waals surface area contributed by atoms with E-state index in [4.69, 9.17) is 0 Å². The molecule has 0 aromatic heterocycles. The Morgan fingerprint density at radius 3 is 0.941 bits per heavy atom. The van der Waals surface area contributed by atoms with Gasteiger partial charge in [0.15, 0.2) is 0 Å². The zero-order valence-electron chi connectivity index (χ0n) is 14.9. The van der Waals surface area contributed by atoms with E-state index in [1.54, 1.807) is 0 Å². The lowest BCUT2D eigenvalue weighted by atomic mass is 9.88. The molecule has 0 aromatic rings. The summed E-state index contributed by atoms with van der Waals surface area (Å²) < 4.78 is 261. The van der Waals surface area contributed by atoms with Gasteiger partial charge >= 0.3 is 54.3 Å². The van der Waals surface area contributed by atoms with E-state index in [9.17, 15) is 87.8 Å². The highest BCUT2D eigenvalue weighted by molar-refractivity contribution is 7.45. The lowest BCUT2D eigenvalue weighted by molar-refractivity contribution is -0.464. The van der Waals surface area contributed by atoms with Crippen LogP contribution in [0.2, 0.25) is 6.55 Å². The topological polar surface area (TPSA) is 0 Å². The first-order valence-corrected chi connectivity index (χ1v) is 11.8. The fourth-order valence-electron chi connectivity index (χ4n) is 1.79. The average Bonchev–Trinajstić information content (AvgIpc) is 2.57. The average molecular weight is 615 g/mol. The number of hydrogen-bond donors (Lipinski definition) is 0. The van der Waals surface area contributed by atoms with Crippen LogP contribution in [-0.2, 0) is 0 Å². The molecule has 0 spiro atoms. The summed E-state index contributed by atoms with van der Waals surface area (Å²) in [6.07, 6.45) is -14.1. The van der Waals surface area contributed by atoms with Crippen molar-refractivity contribution in [2.75, 3.05) is 0 Å². The molecule has 1 unspecified atom stereocenters. The number of alkyl halides is 20. The maximum atomic E-state index is 13.5. The van der Waals surface area contributed by atoms with E-state index >= 15 is 0 Å². The third kappa shape index (κ3) is 4.17. The normalized spacial score (nSPS) is 17.7. The predicted molar refractivity (Wildman–Crippen MR) is 73.9 cm³/mol. The van der Waals surface area contributed by atoms with Crippen LogP contribution in [0.3, 0.4) is 0 Å². The molecule has 0 bridgehead atoms. The lowest BCUT2D eigenvalue weighted by Crippen LogP contribution is -2.76. The molecule has 0 heterocycles. The van der Waals surface area contributed by atoms with E-state index in [2.05, 4.69) is 22.2 Å². The highest BCUT2D eigenvalue weighted by Gasteiger charge is 2.96. The Morgan fingerprint density at radius 2 is 0.706 bits per heavy atom. The van der Waals surface area contributed by atoms with E-state index < -0.39 is 66.0 Å². The van der Waals surface area contributed by atoms with Crippen LogP contribution in [0.4, 0.5) is 87.8 Å². The molecule has 0 saturated heterocycles. The molecule has 206 valence electrons. The van der Waals surface area contributed by atoms with E-state index in [0.717, 1.165) is 0 Å². The number of halogens is 22. The zero-order valence-corrected chi connectivity index (χ0v) is 17.4. The smallest absolute Gasteiger partial charge is 0.234 e. The first-order chi connectivity index (χ1) is 14.2. The second-order valence-electron chi connectivity index (χ2n) is 6.44. The van der Waals surface area contributed by atoms with Crippen molar-refractivity contribution >= 4 is 28.9 Å². The van der Waals surface area contributed by atoms with Gasteiger partial charge in [-0.3, -0.25) is 0 Å². The highest BCUT2D eigenvalue weighted by atomic mass is 35.7. The van der Waals surface area contributed by atoms with Gasteiger partial charge in [-0.15, -0.1) is 22.2 Å². The minimum absolute atomic E-state index is 0.225. The van der Waals surface area contributed by atoms with Crippen molar-refractivity contribution in [1.29, 1.82) is 0 Å². The molecule has 0 aromatic carbocycles. The van der Waals surface area contributed by atoms with Crippen LogP contribution in [0.15, 0.2) is 0 Å². The summed E-state index contributed by atoms with van der Waals surface area (Å²) in [5.41, 5.74) is -6.19. The van der Waals surface area contributed by atoms with Gasteiger partial charge in [0.2, 0.25) is 6.17 Å². The van der Waals surface area contributed by atoms with Crippen molar-refractivity contribution in [3.05, 3.63) is 0 Å². The molecule has 0 aliphatic rings. The second kappa shape index (κ2) is 8.20. The van der Waals surface area contributed by atoms with Crippen LogP contribution < -0.4 is 0 Å². The molecule has 1 atom stereocenters. The molecule has 0 saturated carbocycles. The molecule has 0 aliphatic heterocycles. The first-order valence-electron chi connectivity index (χ1n) is 7.26. The van der Waals surface area contributed by atoms with Crippen molar-refractivity contribution in [2.24, 2.45) is 0 Å². The van der Waals surface area contributed by atoms with E-state index in [1.165, 1.54) is 0 Å². The number of hydrogen-bond acceptors (Lipinski definition) is 0. The van der Waals surface area contributed by atoms with Crippen molar-refractivity contribution in [1.82, 2.24) is 0 Å². The number of rotatable bonds is 9. The molecule has 0 N–H and O–H groups in total. The van der Waals surface area contributed by atoms with Crippen molar-refractivity contribution in [2.45, 2.75) is 65.9 Å². The van der Waals surface area contributed by atoms with Crippen LogP contribution in [-0.4, -0.2) is 66.0 Å². The van der Waals surface area contributed by atoms with Gasteiger partial charge in [0.25, 0.3) is 5.55 Å². The molecule has 0 aliphatic carbocycles. The fraction of sp³-hybridized carbons (Fsp3) is 1.00. The van der Waals surface area contributed by atoms with Gasteiger partial charge < -0.3 is 0 Å². The fourth-order valence-corrected chi connectivity index (χ4v) is 2.99. The maximum absolute atomic E-state index is 13.5. The van der Waals surface area contributed by atoms with Gasteiger partial charge in [0.05, 0.1) is 0 Å². The Kier molecular flexibility index (Phi) is 8.06. The van der Waals surface area contributed by atoms with Crippen LogP contribution in [0.1, 0.15) is 0 Å². The third-order valence-corrected chi connectivity index (χ3v) is 6.90.